The summed E-state index contributed by atoms with van der Waals surface area (Å²) in [5.41, 5.74) is 0. The average Bonchev–Trinajstić information content (AvgIpc) is 3.32. The Hall–Kier alpha value is -1.21. The van der Waals surface area contributed by atoms with Crippen LogP contribution in [0, 0.1) is 0 Å². The van der Waals surface area contributed by atoms with Crippen molar-refractivity contribution in [1.29, 1.82) is 0 Å². The third kappa shape index (κ3) is 47.8. The molecule has 0 heterocycles. The zero-order valence-corrected chi connectivity index (χ0v) is 44.5. The lowest BCUT2D eigenvalue weighted by molar-refractivity contribution is -0.132. The van der Waals surface area contributed by atoms with E-state index in [2.05, 4.69) is 43.5 Å². The topological polar surface area (TPSA) is 110 Å². The van der Waals surface area contributed by atoms with Gasteiger partial charge in [0.1, 0.15) is 12.2 Å². The van der Waals surface area contributed by atoms with Crippen LogP contribution in [0.2, 0.25) is 0 Å². The Morgan fingerprint density at radius 1 is 0.364 bits per heavy atom. The molecule has 392 valence electrons. The molecule has 5 N–H and O–H groups in total. The summed E-state index contributed by atoms with van der Waals surface area (Å²) in [5, 5.41) is 43.8. The van der Waals surface area contributed by atoms with Crippen LogP contribution in [-0.2, 0) is 4.79 Å². The summed E-state index contributed by atoms with van der Waals surface area (Å²) in [5.74, 6) is -0.593. The van der Waals surface area contributed by atoms with Gasteiger partial charge in [-0.25, -0.2) is 0 Å². The van der Waals surface area contributed by atoms with Gasteiger partial charge in [-0.2, -0.15) is 0 Å². The molecule has 1 amide bonds. The first-order valence-corrected chi connectivity index (χ1v) is 29.7. The molecule has 0 spiro atoms. The Bertz CT molecular complexity index is 1000. The smallest absolute Gasteiger partial charge is 0.249 e. The van der Waals surface area contributed by atoms with Crippen molar-refractivity contribution in [2.45, 2.75) is 346 Å². The van der Waals surface area contributed by atoms with Crippen LogP contribution in [0.4, 0.5) is 0 Å². The maximum absolute atomic E-state index is 12.6. The average molecular weight is 933 g/mol. The maximum Gasteiger partial charge on any atom is 0.249 e. The molecule has 66 heavy (non-hydrogen) atoms. The Morgan fingerprint density at radius 3 is 0.955 bits per heavy atom. The molecule has 4 unspecified atom stereocenters. The van der Waals surface area contributed by atoms with Crippen LogP contribution in [-0.4, -0.2) is 57.3 Å². The largest absolute Gasteiger partial charge is 0.394 e. The third-order valence-electron chi connectivity index (χ3n) is 14.1. The van der Waals surface area contributed by atoms with E-state index in [1.807, 2.05) is 0 Å². The van der Waals surface area contributed by atoms with E-state index in [1.165, 1.54) is 250 Å². The van der Waals surface area contributed by atoms with E-state index in [-0.39, 0.29) is 0 Å². The molecule has 0 bridgehead atoms. The second kappa shape index (κ2) is 54.7. The van der Waals surface area contributed by atoms with E-state index < -0.39 is 36.9 Å². The predicted octanol–water partition coefficient (Wildman–Crippen LogP) is 17.4. The summed E-state index contributed by atoms with van der Waals surface area (Å²) in [6.45, 7) is 4.05. The molecule has 0 fully saturated rings. The van der Waals surface area contributed by atoms with E-state index in [0.717, 1.165) is 38.5 Å². The van der Waals surface area contributed by atoms with Gasteiger partial charge in [-0.15, -0.1) is 0 Å². The second-order valence-corrected chi connectivity index (χ2v) is 20.7. The van der Waals surface area contributed by atoms with Crippen LogP contribution >= 0.6 is 0 Å². The Morgan fingerprint density at radius 2 is 0.636 bits per heavy atom. The lowest BCUT2D eigenvalue weighted by Crippen LogP contribution is -2.53. The number of hydrogen-bond acceptors (Lipinski definition) is 5. The van der Waals surface area contributed by atoms with Crippen molar-refractivity contribution in [2.75, 3.05) is 6.61 Å². The van der Waals surface area contributed by atoms with Crippen molar-refractivity contribution < 1.29 is 25.2 Å². The molecule has 0 aliphatic carbocycles. The molecule has 6 heteroatoms. The summed E-state index contributed by atoms with van der Waals surface area (Å²) >= 11 is 0. The molecular formula is C60H117NO5. The molecule has 0 saturated carbocycles. The maximum atomic E-state index is 12.6. The molecule has 4 atom stereocenters. The van der Waals surface area contributed by atoms with E-state index in [0.29, 0.717) is 19.3 Å². The van der Waals surface area contributed by atoms with Gasteiger partial charge in [0, 0.05) is 0 Å². The normalized spacial score (nSPS) is 13.8. The molecule has 0 saturated heterocycles. The second-order valence-electron chi connectivity index (χ2n) is 20.7. The Balaban J connectivity index is 3.51. The monoisotopic (exact) mass is 932 g/mol. The standard InChI is InChI=1S/C60H117NO5/c1-3-5-7-9-11-13-15-17-19-20-21-22-23-24-25-26-27-28-29-30-31-32-33-34-35-36-37-38-39-40-42-44-46-48-50-52-54-58(64)60(66)61-56(55-62)59(65)57(63)53-51-49-47-45-43-41-18-16-14-12-10-8-6-4-2/h16,18,45,47,56-59,62-65H,3-15,17,19-44,46,48-55H2,1-2H3,(H,61,66)/b18-16+,47-45+. The SMILES string of the molecule is CCCCCCC/C=C/CC/C=C/CCCC(O)C(O)C(CO)NC(=O)C(O)CCCCCCCCCCCCCCCCCCCCCCCCCCCCCCCCCCCCCC. The summed E-state index contributed by atoms with van der Waals surface area (Å²) in [7, 11) is 0. The molecule has 6 nitrogen and oxygen atoms in total. The van der Waals surface area contributed by atoms with Crippen molar-refractivity contribution in [3.63, 3.8) is 0 Å². The fraction of sp³-hybridized carbons (Fsp3) is 0.917. The van der Waals surface area contributed by atoms with Crippen LogP contribution in [0.15, 0.2) is 24.3 Å². The zero-order chi connectivity index (χ0) is 48.1. The number of aliphatic hydroxyl groups excluding tert-OH is 4. The summed E-state index contributed by atoms with van der Waals surface area (Å²) in [4.78, 5) is 12.6. The van der Waals surface area contributed by atoms with Crippen LogP contribution in [0.25, 0.3) is 0 Å². The zero-order valence-electron chi connectivity index (χ0n) is 44.5. The first kappa shape index (κ1) is 64.8. The van der Waals surface area contributed by atoms with Crippen molar-refractivity contribution >= 4 is 5.91 Å². The molecule has 0 radical (unpaired) electrons. The first-order valence-electron chi connectivity index (χ1n) is 29.7. The van der Waals surface area contributed by atoms with Crippen LogP contribution < -0.4 is 5.32 Å². The number of hydrogen-bond donors (Lipinski definition) is 5. The summed E-state index contributed by atoms with van der Waals surface area (Å²) in [6.07, 6.45) is 67.1. The Kier molecular flexibility index (Phi) is 53.7. The Labute approximate surface area is 412 Å². The van der Waals surface area contributed by atoms with Gasteiger partial charge in [0.25, 0.3) is 0 Å². The van der Waals surface area contributed by atoms with E-state index in [9.17, 15) is 25.2 Å². The highest BCUT2D eigenvalue weighted by atomic mass is 16.3. The molecule has 0 aromatic heterocycles. The minimum atomic E-state index is -1.29. The van der Waals surface area contributed by atoms with Gasteiger partial charge in [-0.05, 0) is 51.4 Å². The van der Waals surface area contributed by atoms with Gasteiger partial charge in [0.2, 0.25) is 5.91 Å². The number of carbonyl (C=O) groups is 1. The van der Waals surface area contributed by atoms with Crippen LogP contribution in [0.3, 0.4) is 0 Å². The number of aliphatic hydroxyl groups is 4. The highest BCUT2D eigenvalue weighted by molar-refractivity contribution is 5.80. The van der Waals surface area contributed by atoms with Gasteiger partial charge < -0.3 is 25.7 Å². The lowest BCUT2D eigenvalue weighted by Gasteiger charge is -2.27. The van der Waals surface area contributed by atoms with Crippen LogP contribution in [0.5, 0.6) is 0 Å². The van der Waals surface area contributed by atoms with E-state index >= 15 is 0 Å². The number of unbranched alkanes of at least 4 members (excludes halogenated alkanes) is 42. The lowest BCUT2D eigenvalue weighted by atomic mass is 10.00. The number of nitrogens with one attached hydrogen (secondary N) is 1. The predicted molar refractivity (Wildman–Crippen MR) is 288 cm³/mol. The van der Waals surface area contributed by atoms with E-state index in [1.54, 1.807) is 0 Å². The molecule has 0 aliphatic heterocycles. The molecule has 0 aliphatic rings. The van der Waals surface area contributed by atoms with Crippen molar-refractivity contribution in [3.05, 3.63) is 24.3 Å². The number of allylic oxidation sites excluding steroid dienone is 4. The summed E-state index contributed by atoms with van der Waals surface area (Å²) < 4.78 is 0. The van der Waals surface area contributed by atoms with Crippen LogP contribution in [0.1, 0.15) is 322 Å². The quantitative estimate of drug-likeness (QED) is 0.0308. The van der Waals surface area contributed by atoms with Gasteiger partial charge >= 0.3 is 0 Å². The fourth-order valence-corrected chi connectivity index (χ4v) is 9.48. The minimum absolute atomic E-state index is 0.365. The van der Waals surface area contributed by atoms with Gasteiger partial charge in [0.15, 0.2) is 0 Å². The van der Waals surface area contributed by atoms with Gasteiger partial charge in [-0.1, -0.05) is 295 Å². The molecule has 0 aromatic carbocycles. The third-order valence-corrected chi connectivity index (χ3v) is 14.1. The van der Waals surface area contributed by atoms with Gasteiger partial charge in [-0.3, -0.25) is 4.79 Å². The van der Waals surface area contributed by atoms with Crippen molar-refractivity contribution in [2.24, 2.45) is 0 Å². The van der Waals surface area contributed by atoms with E-state index in [4.69, 9.17) is 0 Å². The molecule has 0 aromatic rings. The molecule has 0 rings (SSSR count). The highest BCUT2D eigenvalue weighted by Crippen LogP contribution is 2.18. The van der Waals surface area contributed by atoms with Crippen molar-refractivity contribution in [3.8, 4) is 0 Å². The number of rotatable bonds is 55. The van der Waals surface area contributed by atoms with Crippen molar-refractivity contribution in [1.82, 2.24) is 5.32 Å². The number of carbonyl (C=O) groups excluding carboxylic acids is 1. The first-order chi connectivity index (χ1) is 32.5. The number of amides is 1. The fourth-order valence-electron chi connectivity index (χ4n) is 9.48. The summed E-state index contributed by atoms with van der Waals surface area (Å²) in [6, 6.07) is -1.01. The molecular weight excluding hydrogens is 815 g/mol. The van der Waals surface area contributed by atoms with Gasteiger partial charge in [0.05, 0.1) is 18.8 Å². The highest BCUT2D eigenvalue weighted by Gasteiger charge is 2.28. The minimum Gasteiger partial charge on any atom is -0.394 e.